The first kappa shape index (κ1) is 18.1. The van der Waals surface area contributed by atoms with Crippen LogP contribution in [0.3, 0.4) is 0 Å². The predicted octanol–water partition coefficient (Wildman–Crippen LogP) is 4.72. The number of carbonyl (C=O) groups is 1. The molecule has 0 spiro atoms. The first-order chi connectivity index (χ1) is 12.3. The molecular weight excluding hydrogens is 326 g/mol. The van der Waals surface area contributed by atoms with Gasteiger partial charge >= 0.3 is 5.97 Å². The van der Waals surface area contributed by atoms with Gasteiger partial charge in [0.25, 0.3) is 0 Å². The molecule has 0 heterocycles. The fraction of sp³-hybridized carbons (Fsp3) is 0.318. The third-order valence-corrected chi connectivity index (χ3v) is 4.54. The lowest BCUT2D eigenvalue weighted by Gasteiger charge is -2.20. The third kappa shape index (κ3) is 3.74. The van der Waals surface area contributed by atoms with Gasteiger partial charge in [-0.05, 0) is 74.6 Å². The minimum atomic E-state index is -0.519. The van der Waals surface area contributed by atoms with Crippen molar-refractivity contribution in [2.75, 3.05) is 12.8 Å². The molecule has 0 atom stereocenters. The molecular formula is C22H25NO3. The van der Waals surface area contributed by atoms with Crippen LogP contribution in [0.5, 0.6) is 11.5 Å². The molecule has 4 nitrogen and oxygen atoms in total. The summed E-state index contributed by atoms with van der Waals surface area (Å²) in [6.07, 6.45) is 3.93. The molecule has 0 unspecified atom stereocenters. The van der Waals surface area contributed by atoms with Crippen LogP contribution in [0.4, 0.5) is 5.69 Å². The smallest absolute Gasteiger partial charge is 0.316 e. The summed E-state index contributed by atoms with van der Waals surface area (Å²) in [4.78, 5) is 12.1. The number of ether oxygens (including phenoxy) is 2. The largest absolute Gasteiger partial charge is 0.497 e. The average molecular weight is 351 g/mol. The summed E-state index contributed by atoms with van der Waals surface area (Å²) >= 11 is 0. The number of carbonyl (C=O) groups excluding carboxylic acids is 1. The second kappa shape index (κ2) is 6.87. The fourth-order valence-corrected chi connectivity index (χ4v) is 2.96. The molecule has 136 valence electrons. The van der Waals surface area contributed by atoms with Gasteiger partial charge in [-0.25, -0.2) is 0 Å². The minimum Gasteiger partial charge on any atom is -0.497 e. The first-order valence-corrected chi connectivity index (χ1v) is 8.77. The topological polar surface area (TPSA) is 61.5 Å². The van der Waals surface area contributed by atoms with E-state index in [9.17, 15) is 4.79 Å². The van der Waals surface area contributed by atoms with Crippen molar-refractivity contribution in [2.24, 2.45) is 5.41 Å². The van der Waals surface area contributed by atoms with Crippen molar-refractivity contribution in [1.82, 2.24) is 0 Å². The lowest BCUT2D eigenvalue weighted by Crippen LogP contribution is -2.25. The van der Waals surface area contributed by atoms with Gasteiger partial charge in [-0.2, -0.15) is 0 Å². The maximum Gasteiger partial charge on any atom is 0.316 e. The van der Waals surface area contributed by atoms with Crippen LogP contribution >= 0.6 is 0 Å². The van der Waals surface area contributed by atoms with Crippen molar-refractivity contribution >= 4 is 23.3 Å². The highest BCUT2D eigenvalue weighted by Gasteiger charge is 2.24. The minimum absolute atomic E-state index is 0.226. The zero-order valence-corrected chi connectivity index (χ0v) is 15.8. The van der Waals surface area contributed by atoms with Crippen molar-refractivity contribution in [2.45, 2.75) is 33.6 Å². The maximum absolute atomic E-state index is 12.1. The van der Waals surface area contributed by atoms with Crippen LogP contribution in [0.15, 0.2) is 36.4 Å². The van der Waals surface area contributed by atoms with Crippen molar-refractivity contribution in [3.63, 3.8) is 0 Å². The Morgan fingerprint density at radius 3 is 2.42 bits per heavy atom. The van der Waals surface area contributed by atoms with Crippen LogP contribution < -0.4 is 15.2 Å². The Morgan fingerprint density at radius 1 is 1.04 bits per heavy atom. The lowest BCUT2D eigenvalue weighted by atomic mass is 9.88. The zero-order valence-electron chi connectivity index (χ0n) is 15.8. The van der Waals surface area contributed by atoms with Gasteiger partial charge in [0, 0.05) is 17.3 Å². The van der Waals surface area contributed by atoms with E-state index < -0.39 is 5.41 Å². The monoisotopic (exact) mass is 351 g/mol. The van der Waals surface area contributed by atoms with E-state index in [0.29, 0.717) is 5.75 Å². The molecule has 0 aromatic heterocycles. The Balaban J connectivity index is 1.86. The number of nitrogens with two attached hydrogens (primary N) is 1. The van der Waals surface area contributed by atoms with E-state index in [2.05, 4.69) is 6.08 Å². The Bertz CT molecular complexity index is 875. The van der Waals surface area contributed by atoms with E-state index in [1.165, 1.54) is 11.1 Å². The van der Waals surface area contributed by atoms with Crippen molar-refractivity contribution in [3.05, 3.63) is 53.1 Å². The number of fused-ring (bicyclic) bond motifs is 1. The molecule has 0 saturated carbocycles. The Labute approximate surface area is 154 Å². The molecule has 0 fully saturated rings. The van der Waals surface area contributed by atoms with Crippen molar-refractivity contribution in [3.8, 4) is 11.5 Å². The van der Waals surface area contributed by atoms with Crippen molar-refractivity contribution in [1.29, 1.82) is 0 Å². The number of nitrogen functional groups attached to an aromatic ring is 1. The summed E-state index contributed by atoms with van der Waals surface area (Å²) in [5, 5.41) is 0. The normalized spacial score (nSPS) is 13.6. The highest BCUT2D eigenvalue weighted by molar-refractivity contribution is 5.89. The molecule has 26 heavy (non-hydrogen) atoms. The molecule has 0 amide bonds. The van der Waals surface area contributed by atoms with Crippen LogP contribution in [0.1, 0.15) is 43.9 Å². The van der Waals surface area contributed by atoms with E-state index >= 15 is 0 Å². The number of aryl methyl sites for hydroxylation is 1. The van der Waals surface area contributed by atoms with Gasteiger partial charge < -0.3 is 15.2 Å². The molecule has 3 rings (SSSR count). The lowest BCUT2D eigenvalue weighted by molar-refractivity contribution is -0.142. The third-order valence-electron chi connectivity index (χ3n) is 4.54. The van der Waals surface area contributed by atoms with E-state index in [-0.39, 0.29) is 5.97 Å². The molecule has 1 aliphatic carbocycles. The van der Waals surface area contributed by atoms with Crippen molar-refractivity contribution < 1.29 is 14.3 Å². The number of allylic oxidation sites excluding steroid dienone is 1. The quantitative estimate of drug-likeness (QED) is 0.494. The molecule has 0 radical (unpaired) electrons. The van der Waals surface area contributed by atoms with Gasteiger partial charge in [0.05, 0.1) is 12.5 Å². The Kier molecular flexibility index (Phi) is 4.77. The van der Waals surface area contributed by atoms with Gasteiger partial charge in [0.15, 0.2) is 0 Å². The van der Waals surface area contributed by atoms with Gasteiger partial charge in [-0.1, -0.05) is 12.1 Å². The van der Waals surface area contributed by atoms with Gasteiger partial charge in [-0.15, -0.1) is 0 Å². The second-order valence-corrected chi connectivity index (χ2v) is 7.62. The van der Waals surface area contributed by atoms with Crippen LogP contribution in [0.2, 0.25) is 0 Å². The van der Waals surface area contributed by atoms with Crippen LogP contribution in [-0.4, -0.2) is 13.1 Å². The number of hydrogen-bond donors (Lipinski definition) is 1. The van der Waals surface area contributed by atoms with E-state index in [0.717, 1.165) is 35.4 Å². The van der Waals surface area contributed by atoms with E-state index in [1.54, 1.807) is 7.11 Å². The number of esters is 1. The zero-order chi connectivity index (χ0) is 18.9. The summed E-state index contributed by atoms with van der Waals surface area (Å²) in [7, 11) is 1.63. The molecule has 0 saturated heterocycles. The Morgan fingerprint density at radius 2 is 1.77 bits per heavy atom. The van der Waals surface area contributed by atoms with Crippen LogP contribution in [0, 0.1) is 5.41 Å². The summed E-state index contributed by atoms with van der Waals surface area (Å²) in [5.41, 5.74) is 11.0. The number of methoxy groups -OCH3 is 1. The molecule has 1 aliphatic rings. The highest BCUT2D eigenvalue weighted by Crippen LogP contribution is 2.35. The maximum atomic E-state index is 12.1. The second-order valence-electron chi connectivity index (χ2n) is 7.62. The number of benzene rings is 2. The van der Waals surface area contributed by atoms with E-state index in [1.807, 2.05) is 57.2 Å². The van der Waals surface area contributed by atoms with Crippen LogP contribution in [0.25, 0.3) is 11.6 Å². The standard InChI is InChI=1S/C22H25NO3/c1-22(2,3)21(24)26-18-8-7-14-11-16(6-5-15(14)12-18)19-10-9-17(25-4)13-20(19)23/h7-13H,5-6,23H2,1-4H3. The molecule has 4 heteroatoms. The van der Waals surface area contributed by atoms with Gasteiger partial charge in [-0.3, -0.25) is 4.79 Å². The highest BCUT2D eigenvalue weighted by atomic mass is 16.5. The van der Waals surface area contributed by atoms with E-state index in [4.69, 9.17) is 15.2 Å². The molecule has 2 N–H and O–H groups in total. The molecule has 0 bridgehead atoms. The van der Waals surface area contributed by atoms with Gasteiger partial charge in [0.1, 0.15) is 11.5 Å². The molecule has 2 aromatic rings. The Hall–Kier alpha value is -2.75. The summed E-state index contributed by atoms with van der Waals surface area (Å²) in [6.45, 7) is 5.55. The molecule has 0 aliphatic heterocycles. The first-order valence-electron chi connectivity index (χ1n) is 8.77. The summed E-state index contributed by atoms with van der Waals surface area (Å²) < 4.78 is 10.7. The summed E-state index contributed by atoms with van der Waals surface area (Å²) in [6, 6.07) is 11.6. The summed E-state index contributed by atoms with van der Waals surface area (Å²) in [5.74, 6) is 1.13. The average Bonchev–Trinajstić information content (AvgIpc) is 2.60. The molecule has 2 aromatic carbocycles. The SMILES string of the molecule is COc1ccc(C2=Cc3ccc(OC(=O)C(C)(C)C)cc3CC2)c(N)c1. The number of rotatable bonds is 3. The number of hydrogen-bond acceptors (Lipinski definition) is 4. The van der Waals surface area contributed by atoms with Gasteiger partial charge in [0.2, 0.25) is 0 Å². The number of anilines is 1. The fourth-order valence-electron chi connectivity index (χ4n) is 2.96. The van der Waals surface area contributed by atoms with Crippen LogP contribution in [-0.2, 0) is 11.2 Å². The predicted molar refractivity (Wildman–Crippen MR) is 105 cm³/mol.